The lowest BCUT2D eigenvalue weighted by atomic mass is 10.3. The molecule has 0 aromatic heterocycles. The maximum atomic E-state index is 9.19. The molecule has 0 spiro atoms. The average molecular weight is 320 g/mol. The third kappa shape index (κ3) is 4.84. The van der Waals surface area contributed by atoms with Crippen LogP contribution in [-0.4, -0.2) is 23.4 Å². The van der Waals surface area contributed by atoms with E-state index in [2.05, 4.69) is 13.2 Å². The van der Waals surface area contributed by atoms with Crippen LogP contribution in [0.4, 0.5) is 0 Å². The van der Waals surface area contributed by atoms with E-state index < -0.39 is 0 Å². The quantitative estimate of drug-likeness (QED) is 0.578. The Morgan fingerprint density at radius 1 is 1.19 bits per heavy atom. The molecular weight excluding hydrogens is 307 g/mol. The molecule has 0 radical (unpaired) electrons. The van der Waals surface area contributed by atoms with Crippen molar-refractivity contribution in [3.8, 4) is 5.75 Å². The summed E-state index contributed by atoms with van der Waals surface area (Å²) in [6, 6.07) is 1.38. The van der Waals surface area contributed by atoms with Crippen molar-refractivity contribution >= 4 is 58.3 Å². The average Bonchev–Trinajstić information content (AvgIpc) is 2.27. The summed E-state index contributed by atoms with van der Waals surface area (Å²) in [6.07, 6.45) is 3.93. The molecule has 1 N–H and O–H groups in total. The van der Waals surface area contributed by atoms with Gasteiger partial charge in [0.2, 0.25) is 0 Å². The minimum absolute atomic E-state index is 0.0931. The van der Waals surface area contributed by atoms with Gasteiger partial charge >= 0.3 is 0 Å². The Labute approximate surface area is 120 Å². The number of phenols is 1. The molecule has 1 nitrogen and oxygen atoms in total. The molecular formula is C10H13Cl3OS2. The number of thioether (sulfide) groups is 2. The molecule has 0 aliphatic rings. The van der Waals surface area contributed by atoms with Gasteiger partial charge < -0.3 is 5.11 Å². The predicted molar refractivity (Wildman–Crippen MR) is 79.0 cm³/mol. The SMILES string of the molecule is CCSC.CSc1c(Cl)cc(O)c(Cl)c1Cl. The second-order valence-electron chi connectivity index (χ2n) is 2.62. The molecule has 0 fully saturated rings. The van der Waals surface area contributed by atoms with Crippen LogP contribution < -0.4 is 0 Å². The summed E-state index contributed by atoms with van der Waals surface area (Å²) in [5, 5.41) is 10.0. The van der Waals surface area contributed by atoms with Gasteiger partial charge in [-0.25, -0.2) is 0 Å². The first kappa shape index (κ1) is 16.6. The molecule has 1 aromatic rings. The van der Waals surface area contributed by atoms with E-state index in [0.717, 1.165) is 0 Å². The van der Waals surface area contributed by atoms with Crippen LogP contribution >= 0.6 is 58.3 Å². The Morgan fingerprint density at radius 3 is 2.06 bits per heavy atom. The van der Waals surface area contributed by atoms with E-state index in [1.54, 1.807) is 0 Å². The number of hydrogen-bond acceptors (Lipinski definition) is 3. The zero-order chi connectivity index (χ0) is 12.7. The summed E-state index contributed by atoms with van der Waals surface area (Å²) >= 11 is 20.5. The second kappa shape index (κ2) is 8.65. The fraction of sp³-hybridized carbons (Fsp3) is 0.400. The van der Waals surface area contributed by atoms with Gasteiger partial charge in [-0.3, -0.25) is 0 Å². The van der Waals surface area contributed by atoms with E-state index in [4.69, 9.17) is 34.8 Å². The number of halogens is 3. The van der Waals surface area contributed by atoms with Crippen LogP contribution in [0.2, 0.25) is 15.1 Å². The zero-order valence-corrected chi connectivity index (χ0v) is 13.1. The number of rotatable bonds is 2. The smallest absolute Gasteiger partial charge is 0.137 e. The second-order valence-corrected chi connectivity index (χ2v) is 5.75. The fourth-order valence-corrected chi connectivity index (χ4v) is 2.40. The number of hydrogen-bond donors (Lipinski definition) is 1. The highest BCUT2D eigenvalue weighted by molar-refractivity contribution is 7.99. The largest absolute Gasteiger partial charge is 0.506 e. The molecule has 92 valence electrons. The molecule has 16 heavy (non-hydrogen) atoms. The van der Waals surface area contributed by atoms with Gasteiger partial charge in [-0.15, -0.1) is 11.8 Å². The summed E-state index contributed by atoms with van der Waals surface area (Å²) in [5.41, 5.74) is 0. The standard InChI is InChI=1S/C7H5Cl3OS.C3H8S/c1-12-7-3(8)2-4(11)5(9)6(7)10;1-3-4-2/h2,11H,1H3;3H2,1-2H3. The molecule has 1 aromatic carbocycles. The van der Waals surface area contributed by atoms with Gasteiger partial charge in [0.25, 0.3) is 0 Å². The van der Waals surface area contributed by atoms with Gasteiger partial charge in [0.1, 0.15) is 10.8 Å². The Bertz CT molecular complexity index is 343. The van der Waals surface area contributed by atoms with Crippen molar-refractivity contribution in [2.45, 2.75) is 11.8 Å². The van der Waals surface area contributed by atoms with Crippen LogP contribution in [0.25, 0.3) is 0 Å². The van der Waals surface area contributed by atoms with Crippen molar-refractivity contribution < 1.29 is 5.11 Å². The highest BCUT2D eigenvalue weighted by Gasteiger charge is 2.12. The highest BCUT2D eigenvalue weighted by Crippen LogP contribution is 2.42. The maximum Gasteiger partial charge on any atom is 0.137 e. The van der Waals surface area contributed by atoms with E-state index in [1.165, 1.54) is 23.6 Å². The minimum atomic E-state index is -0.0931. The molecule has 0 saturated heterocycles. The predicted octanol–water partition coefficient (Wildman–Crippen LogP) is 5.44. The van der Waals surface area contributed by atoms with E-state index in [-0.39, 0.29) is 10.8 Å². The van der Waals surface area contributed by atoms with E-state index in [0.29, 0.717) is 14.9 Å². The number of phenolic OH excluding ortho intramolecular Hbond substituents is 1. The fourth-order valence-electron chi connectivity index (χ4n) is 0.753. The molecule has 6 heteroatoms. The molecule has 0 heterocycles. The van der Waals surface area contributed by atoms with Crippen molar-refractivity contribution in [3.05, 3.63) is 21.1 Å². The summed E-state index contributed by atoms with van der Waals surface area (Å²) in [7, 11) is 0. The van der Waals surface area contributed by atoms with Crippen molar-refractivity contribution in [3.63, 3.8) is 0 Å². The van der Waals surface area contributed by atoms with Crippen molar-refractivity contribution in [2.24, 2.45) is 0 Å². The van der Waals surface area contributed by atoms with Gasteiger partial charge in [-0.05, 0) is 18.3 Å². The molecule has 0 atom stereocenters. The molecule has 0 aliphatic carbocycles. The topological polar surface area (TPSA) is 20.2 Å². The van der Waals surface area contributed by atoms with E-state index >= 15 is 0 Å². The van der Waals surface area contributed by atoms with Crippen molar-refractivity contribution in [1.82, 2.24) is 0 Å². The molecule has 0 saturated carbocycles. The van der Waals surface area contributed by atoms with Crippen LogP contribution in [0.15, 0.2) is 11.0 Å². The zero-order valence-electron chi connectivity index (χ0n) is 9.18. The summed E-state index contributed by atoms with van der Waals surface area (Å²) in [6.45, 7) is 2.14. The summed E-state index contributed by atoms with van der Waals surface area (Å²) in [5.74, 6) is 1.14. The lowest BCUT2D eigenvalue weighted by Gasteiger charge is -2.06. The van der Waals surface area contributed by atoms with E-state index in [9.17, 15) is 5.11 Å². The highest BCUT2D eigenvalue weighted by atomic mass is 35.5. The van der Waals surface area contributed by atoms with Crippen LogP contribution in [0.3, 0.4) is 0 Å². The van der Waals surface area contributed by atoms with Gasteiger partial charge in [0.15, 0.2) is 0 Å². The van der Waals surface area contributed by atoms with Crippen LogP contribution in [-0.2, 0) is 0 Å². The summed E-state index contributed by atoms with van der Waals surface area (Å²) < 4.78 is 0. The van der Waals surface area contributed by atoms with Gasteiger partial charge in [0, 0.05) is 11.0 Å². The Kier molecular flexibility index (Phi) is 8.97. The Hall–Kier alpha value is 0.590. The lowest BCUT2D eigenvalue weighted by molar-refractivity contribution is 0.475. The first-order valence-electron chi connectivity index (χ1n) is 4.38. The van der Waals surface area contributed by atoms with Gasteiger partial charge in [0.05, 0.1) is 10.0 Å². The number of aromatic hydroxyl groups is 1. The van der Waals surface area contributed by atoms with E-state index in [1.807, 2.05) is 18.0 Å². The minimum Gasteiger partial charge on any atom is -0.506 e. The Balaban J connectivity index is 0.000000487. The first-order valence-corrected chi connectivity index (χ1v) is 8.14. The first-order chi connectivity index (χ1) is 7.49. The molecule has 0 amide bonds. The summed E-state index contributed by atoms with van der Waals surface area (Å²) in [4.78, 5) is 0.682. The molecule has 1 rings (SSSR count). The monoisotopic (exact) mass is 318 g/mol. The maximum absolute atomic E-state index is 9.19. The molecule has 0 aliphatic heterocycles. The van der Waals surface area contributed by atoms with Crippen LogP contribution in [0.1, 0.15) is 6.92 Å². The van der Waals surface area contributed by atoms with Crippen LogP contribution in [0, 0.1) is 0 Å². The third-order valence-corrected chi connectivity index (χ3v) is 4.38. The Morgan fingerprint density at radius 2 is 1.69 bits per heavy atom. The van der Waals surface area contributed by atoms with Gasteiger partial charge in [-0.1, -0.05) is 41.7 Å². The van der Waals surface area contributed by atoms with Crippen molar-refractivity contribution in [1.29, 1.82) is 0 Å². The molecule has 0 unspecified atom stereocenters. The number of benzene rings is 1. The third-order valence-electron chi connectivity index (χ3n) is 1.59. The molecule has 0 bridgehead atoms. The van der Waals surface area contributed by atoms with Crippen LogP contribution in [0.5, 0.6) is 5.75 Å². The van der Waals surface area contributed by atoms with Gasteiger partial charge in [-0.2, -0.15) is 11.8 Å². The lowest BCUT2D eigenvalue weighted by Crippen LogP contribution is -1.79. The van der Waals surface area contributed by atoms with Crippen molar-refractivity contribution in [2.75, 3.05) is 18.3 Å². The normalized spacial score (nSPS) is 9.62.